The molecule has 2 atom stereocenters. The Bertz CT molecular complexity index is 860. The molecule has 0 aromatic carbocycles. The van der Waals surface area contributed by atoms with Gasteiger partial charge in [-0.3, -0.25) is 9.48 Å². The van der Waals surface area contributed by atoms with Crippen molar-refractivity contribution >= 4 is 27.5 Å². The van der Waals surface area contributed by atoms with Gasteiger partial charge in [0.25, 0.3) is 10.2 Å². The Kier molecular flexibility index (Phi) is 4.96. The summed E-state index contributed by atoms with van der Waals surface area (Å²) in [6.07, 6.45) is 1.99. The average Bonchev–Trinajstić information content (AvgIpc) is 3.19. The molecule has 2 N–H and O–H groups in total. The number of thiophene rings is 1. The Morgan fingerprint density at radius 2 is 2.24 bits per heavy atom. The fourth-order valence-electron chi connectivity index (χ4n) is 2.88. The first kappa shape index (κ1) is 18.1. The average molecular weight is 383 g/mol. The predicted molar refractivity (Wildman–Crippen MR) is 95.1 cm³/mol. The van der Waals surface area contributed by atoms with E-state index < -0.39 is 22.3 Å². The summed E-state index contributed by atoms with van der Waals surface area (Å²) in [6.45, 7) is 2.27. The van der Waals surface area contributed by atoms with Crippen molar-refractivity contribution in [2.45, 2.75) is 32.0 Å². The van der Waals surface area contributed by atoms with Crippen molar-refractivity contribution in [3.8, 4) is 0 Å². The van der Waals surface area contributed by atoms with Crippen LogP contribution in [0, 0.1) is 6.92 Å². The fourth-order valence-corrected chi connectivity index (χ4v) is 4.79. The first-order valence-electron chi connectivity index (χ1n) is 7.83. The number of hydrogen-bond donors (Lipinski definition) is 2. The van der Waals surface area contributed by atoms with Crippen LogP contribution >= 0.6 is 11.3 Å². The lowest BCUT2D eigenvalue weighted by Crippen LogP contribution is -2.57. The molecule has 1 aliphatic rings. The van der Waals surface area contributed by atoms with Gasteiger partial charge >= 0.3 is 0 Å². The van der Waals surface area contributed by atoms with E-state index in [1.54, 1.807) is 29.3 Å². The molecule has 1 amide bonds. The quantitative estimate of drug-likeness (QED) is 0.812. The lowest BCUT2D eigenvalue weighted by Gasteiger charge is -2.36. The van der Waals surface area contributed by atoms with Crippen molar-refractivity contribution in [1.29, 1.82) is 0 Å². The molecule has 0 saturated carbocycles. The molecule has 1 fully saturated rings. The molecule has 0 spiro atoms. The molecule has 0 aliphatic carbocycles. The highest BCUT2D eigenvalue weighted by atomic mass is 32.2. The summed E-state index contributed by atoms with van der Waals surface area (Å²) >= 11 is 1.54. The molecule has 2 aromatic heterocycles. The minimum Gasteiger partial charge on any atom is -0.350 e. The van der Waals surface area contributed by atoms with Crippen molar-refractivity contribution in [3.63, 3.8) is 0 Å². The van der Waals surface area contributed by atoms with Crippen LogP contribution in [-0.2, 0) is 28.6 Å². The summed E-state index contributed by atoms with van der Waals surface area (Å²) in [5.74, 6) is -0.299. The molecule has 25 heavy (non-hydrogen) atoms. The number of likely N-dealkylation sites (N-methyl/N-ethyl adjacent to an activating group) is 1. The predicted octanol–water partition coefficient (Wildman–Crippen LogP) is 0.686. The summed E-state index contributed by atoms with van der Waals surface area (Å²) < 4.78 is 30.3. The van der Waals surface area contributed by atoms with Gasteiger partial charge in [-0.1, -0.05) is 6.07 Å². The summed E-state index contributed by atoms with van der Waals surface area (Å²) in [7, 11) is -0.525. The van der Waals surface area contributed by atoms with E-state index in [4.69, 9.17) is 0 Å². The van der Waals surface area contributed by atoms with E-state index >= 15 is 0 Å². The monoisotopic (exact) mass is 383 g/mol. The largest absolute Gasteiger partial charge is 0.350 e. The number of aromatic nitrogens is 2. The van der Waals surface area contributed by atoms with E-state index in [9.17, 15) is 13.2 Å². The van der Waals surface area contributed by atoms with Gasteiger partial charge in [0.15, 0.2) is 0 Å². The van der Waals surface area contributed by atoms with Crippen LogP contribution in [0.5, 0.6) is 0 Å². The van der Waals surface area contributed by atoms with Crippen molar-refractivity contribution in [3.05, 3.63) is 39.8 Å². The highest BCUT2D eigenvalue weighted by Crippen LogP contribution is 2.29. The first-order valence-corrected chi connectivity index (χ1v) is 10.2. The van der Waals surface area contributed by atoms with E-state index in [0.29, 0.717) is 13.0 Å². The molecule has 0 radical (unpaired) electrons. The van der Waals surface area contributed by atoms with E-state index in [1.807, 2.05) is 24.4 Å². The molecule has 2 aromatic rings. The lowest BCUT2D eigenvalue weighted by molar-refractivity contribution is -0.125. The fraction of sp³-hybridized carbons (Fsp3) is 0.467. The third kappa shape index (κ3) is 3.61. The lowest BCUT2D eigenvalue weighted by atomic mass is 10.00. The molecule has 3 rings (SSSR count). The second kappa shape index (κ2) is 6.87. The summed E-state index contributed by atoms with van der Waals surface area (Å²) in [5.41, 5.74) is 1.66. The van der Waals surface area contributed by atoms with Gasteiger partial charge in [0, 0.05) is 30.2 Å². The van der Waals surface area contributed by atoms with Gasteiger partial charge in [-0.05, 0) is 24.8 Å². The van der Waals surface area contributed by atoms with Gasteiger partial charge in [-0.25, -0.2) is 0 Å². The van der Waals surface area contributed by atoms with E-state index in [2.05, 4.69) is 15.1 Å². The summed E-state index contributed by atoms with van der Waals surface area (Å²) in [4.78, 5) is 13.6. The number of rotatable bonds is 4. The first-order chi connectivity index (χ1) is 11.8. The topological polar surface area (TPSA) is 96.3 Å². The van der Waals surface area contributed by atoms with Crippen LogP contribution in [0.2, 0.25) is 0 Å². The minimum atomic E-state index is -3.74. The molecule has 1 aliphatic heterocycles. The Hall–Kier alpha value is -1.75. The Balaban J connectivity index is 1.79. The molecular weight excluding hydrogens is 362 g/mol. The number of amides is 1. The van der Waals surface area contributed by atoms with E-state index in [0.717, 1.165) is 20.4 Å². The second-order valence-electron chi connectivity index (χ2n) is 6.05. The molecule has 0 unspecified atom stereocenters. The molecule has 8 nitrogen and oxygen atoms in total. The van der Waals surface area contributed by atoms with Crippen LogP contribution < -0.4 is 10.0 Å². The molecule has 0 bridgehead atoms. The highest BCUT2D eigenvalue weighted by Gasteiger charge is 2.41. The van der Waals surface area contributed by atoms with E-state index in [1.165, 1.54) is 7.05 Å². The van der Waals surface area contributed by atoms with Gasteiger partial charge in [0.1, 0.15) is 6.04 Å². The number of hydrogen-bond acceptors (Lipinski definition) is 5. The number of aryl methyl sites for hydroxylation is 1. The summed E-state index contributed by atoms with van der Waals surface area (Å²) in [5, 5.41) is 8.93. The number of carbonyl (C=O) groups is 1. The zero-order valence-electron chi connectivity index (χ0n) is 14.3. The van der Waals surface area contributed by atoms with Gasteiger partial charge in [-0.15, -0.1) is 11.3 Å². The number of carbonyl (C=O) groups excluding carboxylic acids is 1. The molecule has 3 heterocycles. The van der Waals surface area contributed by atoms with Crippen LogP contribution in [0.3, 0.4) is 0 Å². The van der Waals surface area contributed by atoms with Gasteiger partial charge in [-0.2, -0.15) is 22.5 Å². The highest BCUT2D eigenvalue weighted by molar-refractivity contribution is 7.87. The Labute approximate surface area is 151 Å². The third-order valence-electron chi connectivity index (χ3n) is 4.54. The van der Waals surface area contributed by atoms with Crippen LogP contribution in [0.4, 0.5) is 0 Å². The van der Waals surface area contributed by atoms with Crippen molar-refractivity contribution in [2.24, 2.45) is 7.05 Å². The van der Waals surface area contributed by atoms with Crippen molar-refractivity contribution in [2.75, 3.05) is 7.05 Å². The maximum atomic E-state index is 12.6. The number of nitrogens with zero attached hydrogens (tertiary/aromatic N) is 3. The normalized spacial score (nSPS) is 23.5. The van der Waals surface area contributed by atoms with Crippen LogP contribution in [0.25, 0.3) is 0 Å². The maximum absolute atomic E-state index is 12.6. The Morgan fingerprint density at radius 1 is 1.48 bits per heavy atom. The van der Waals surface area contributed by atoms with Crippen molar-refractivity contribution < 1.29 is 13.2 Å². The van der Waals surface area contributed by atoms with Gasteiger partial charge in [0.2, 0.25) is 5.91 Å². The van der Waals surface area contributed by atoms with Crippen LogP contribution in [-0.4, -0.2) is 41.5 Å². The van der Waals surface area contributed by atoms with Gasteiger partial charge in [0.05, 0.1) is 18.8 Å². The third-order valence-corrected chi connectivity index (χ3v) is 7.01. The van der Waals surface area contributed by atoms with E-state index in [-0.39, 0.29) is 5.91 Å². The molecule has 136 valence electrons. The maximum Gasteiger partial charge on any atom is 0.280 e. The minimum absolute atomic E-state index is 0.299. The van der Waals surface area contributed by atoms with Crippen LogP contribution in [0.1, 0.15) is 28.6 Å². The smallest absolute Gasteiger partial charge is 0.280 e. The number of nitrogens with one attached hydrogen (secondary N) is 2. The molecular formula is C15H21N5O3S2. The zero-order chi connectivity index (χ0) is 18.2. The zero-order valence-corrected chi connectivity index (χ0v) is 15.9. The van der Waals surface area contributed by atoms with Gasteiger partial charge < -0.3 is 5.32 Å². The Morgan fingerprint density at radius 3 is 2.84 bits per heavy atom. The molecule has 1 saturated heterocycles. The SMILES string of the molecule is Cc1c([C@H]2C[C@H](C(=O)NCc3cccs3)N(C)S(=O)(=O)N2)cnn1C. The van der Waals surface area contributed by atoms with Crippen molar-refractivity contribution in [1.82, 2.24) is 24.1 Å². The second-order valence-corrected chi connectivity index (χ2v) is 8.84. The van der Waals surface area contributed by atoms with Crippen LogP contribution in [0.15, 0.2) is 23.7 Å². The standard InChI is InChI=1S/C15H21N5O3S2/c1-10-12(9-17-19(10)2)13-7-14(20(3)25(22,23)18-13)15(21)16-8-11-5-4-6-24-11/h4-6,9,13-14,18H,7-8H2,1-3H3,(H,16,21)/t13-,14-/m1/s1. The summed E-state index contributed by atoms with van der Waals surface area (Å²) in [6, 6.07) is 2.59. The molecule has 10 heteroatoms.